The summed E-state index contributed by atoms with van der Waals surface area (Å²) in [6.45, 7) is 8.90. The topological polar surface area (TPSA) is 29.1 Å². The summed E-state index contributed by atoms with van der Waals surface area (Å²) in [7, 11) is 2.05. The lowest BCUT2D eigenvalue weighted by Gasteiger charge is -2.15. The van der Waals surface area contributed by atoms with Crippen LogP contribution < -0.4 is 24.2 Å². The van der Waals surface area contributed by atoms with Crippen molar-refractivity contribution in [1.82, 2.24) is 4.57 Å². The number of benzene rings is 2. The van der Waals surface area contributed by atoms with Gasteiger partial charge in [0, 0.05) is 42.1 Å². The van der Waals surface area contributed by atoms with Crippen LogP contribution >= 0.6 is 23.1 Å². The zero-order valence-electron chi connectivity index (χ0n) is 18.4. The largest absolute Gasteiger partial charge is 0.336 e. The second kappa shape index (κ2) is 8.89. The van der Waals surface area contributed by atoms with Crippen LogP contribution in [0.15, 0.2) is 95.8 Å². The van der Waals surface area contributed by atoms with E-state index < -0.39 is 0 Å². The standard InChI is InChI=1S/C27H24N3OS2/c1-4-15-29-17-9-8-11-20(29)18-23-30(16-5-2)26(31)25(33-23)27-28(3)24-21-12-7-6-10-19(21)13-14-22(24)32-27/h4-14,17-18H,1-2,15-16H2,3H3/q+1. The smallest absolute Gasteiger partial charge is 0.272 e. The first-order chi connectivity index (χ1) is 16.1. The molecule has 1 aliphatic heterocycles. The van der Waals surface area contributed by atoms with E-state index in [0.717, 1.165) is 25.6 Å². The molecule has 4 aromatic rings. The zero-order chi connectivity index (χ0) is 22.9. The summed E-state index contributed by atoms with van der Waals surface area (Å²) in [6, 6.07) is 18.7. The Balaban J connectivity index is 1.74. The second-order valence-electron chi connectivity index (χ2n) is 7.78. The Hall–Kier alpha value is -3.35. The lowest BCUT2D eigenvalue weighted by Crippen LogP contribution is -2.37. The Kier molecular flexibility index (Phi) is 5.79. The summed E-state index contributed by atoms with van der Waals surface area (Å²) in [5.74, 6) is 0. The molecule has 6 heteroatoms. The second-order valence-corrected chi connectivity index (χ2v) is 9.85. The fourth-order valence-electron chi connectivity index (χ4n) is 4.16. The van der Waals surface area contributed by atoms with Gasteiger partial charge in [0.1, 0.15) is 14.2 Å². The van der Waals surface area contributed by atoms with Gasteiger partial charge in [-0.3, -0.25) is 9.36 Å². The number of nitrogens with zero attached hydrogens (tertiary/aromatic N) is 3. The van der Waals surface area contributed by atoms with Gasteiger partial charge < -0.3 is 4.90 Å². The molecule has 0 saturated carbocycles. The van der Waals surface area contributed by atoms with Gasteiger partial charge in [0.2, 0.25) is 5.69 Å². The van der Waals surface area contributed by atoms with Crippen LogP contribution in [0.5, 0.6) is 0 Å². The van der Waals surface area contributed by atoms with Gasteiger partial charge in [-0.2, -0.15) is 4.57 Å². The average Bonchev–Trinajstić information content (AvgIpc) is 3.32. The quantitative estimate of drug-likeness (QED) is 0.328. The van der Waals surface area contributed by atoms with E-state index >= 15 is 0 Å². The molecular formula is C27H24N3OS2+. The number of fused-ring (bicyclic) bond motifs is 3. The van der Waals surface area contributed by atoms with E-state index in [0.29, 0.717) is 13.1 Å². The molecule has 0 N–H and O–H groups in total. The first kappa shape index (κ1) is 21.5. The minimum atomic E-state index is 0.0174. The third-order valence-corrected chi connectivity index (χ3v) is 8.17. The van der Waals surface area contributed by atoms with Crippen molar-refractivity contribution in [3.8, 4) is 0 Å². The highest BCUT2D eigenvalue weighted by molar-refractivity contribution is 8.08. The molecule has 1 aliphatic rings. The molecule has 0 fully saturated rings. The van der Waals surface area contributed by atoms with E-state index in [1.807, 2.05) is 24.4 Å². The molecule has 0 spiro atoms. The van der Waals surface area contributed by atoms with Crippen molar-refractivity contribution >= 4 is 50.7 Å². The molecule has 2 aromatic heterocycles. The molecule has 33 heavy (non-hydrogen) atoms. The van der Waals surface area contributed by atoms with Crippen molar-refractivity contribution in [2.45, 2.75) is 18.0 Å². The van der Waals surface area contributed by atoms with Crippen molar-refractivity contribution in [2.24, 2.45) is 0 Å². The lowest BCUT2D eigenvalue weighted by molar-refractivity contribution is -0.688. The highest BCUT2D eigenvalue weighted by Crippen LogP contribution is 2.48. The predicted molar refractivity (Wildman–Crippen MR) is 140 cm³/mol. The number of hydrogen-bond donors (Lipinski definition) is 0. The highest BCUT2D eigenvalue weighted by atomic mass is 32.2. The maximum atomic E-state index is 13.5. The minimum absolute atomic E-state index is 0.0174. The van der Waals surface area contributed by atoms with Crippen LogP contribution in [0.4, 0.5) is 5.69 Å². The summed E-state index contributed by atoms with van der Waals surface area (Å²) in [6.07, 6.45) is 7.74. The predicted octanol–water partition coefficient (Wildman–Crippen LogP) is 3.86. The van der Waals surface area contributed by atoms with Crippen LogP contribution in [0, 0.1) is 0 Å². The van der Waals surface area contributed by atoms with Crippen molar-refractivity contribution in [3.05, 3.63) is 111 Å². The third-order valence-electron chi connectivity index (χ3n) is 5.70. The van der Waals surface area contributed by atoms with E-state index in [1.165, 1.54) is 27.0 Å². The van der Waals surface area contributed by atoms with Crippen molar-refractivity contribution < 1.29 is 4.57 Å². The lowest BCUT2D eigenvalue weighted by atomic mass is 10.1. The number of hydrogen-bond acceptors (Lipinski definition) is 4. The number of thiazole rings is 1. The van der Waals surface area contributed by atoms with Crippen molar-refractivity contribution in [1.29, 1.82) is 0 Å². The van der Waals surface area contributed by atoms with Gasteiger partial charge in [0.05, 0.1) is 5.69 Å². The summed E-state index contributed by atoms with van der Waals surface area (Å²) < 4.78 is 5.57. The van der Waals surface area contributed by atoms with Gasteiger partial charge in [-0.25, -0.2) is 0 Å². The Labute approximate surface area is 200 Å². The Morgan fingerprint density at radius 1 is 1.03 bits per heavy atom. The maximum Gasteiger partial charge on any atom is 0.272 e. The van der Waals surface area contributed by atoms with Crippen LogP contribution in [-0.4, -0.2) is 11.6 Å². The fourth-order valence-corrected chi connectivity index (χ4v) is 6.58. The fraction of sp³-hybridized carbons (Fsp3) is 0.111. The molecule has 2 aromatic carbocycles. The van der Waals surface area contributed by atoms with Gasteiger partial charge in [0.15, 0.2) is 12.7 Å². The highest BCUT2D eigenvalue weighted by Gasteiger charge is 2.26. The van der Waals surface area contributed by atoms with E-state index in [-0.39, 0.29) is 5.56 Å². The van der Waals surface area contributed by atoms with Crippen LogP contribution in [0.2, 0.25) is 0 Å². The van der Waals surface area contributed by atoms with Gasteiger partial charge in [-0.05, 0) is 23.6 Å². The van der Waals surface area contributed by atoms with Crippen molar-refractivity contribution in [2.75, 3.05) is 11.9 Å². The van der Waals surface area contributed by atoms with Crippen LogP contribution in [0.3, 0.4) is 0 Å². The summed E-state index contributed by atoms with van der Waals surface area (Å²) in [4.78, 5) is 16.9. The number of pyridine rings is 1. The maximum absolute atomic E-state index is 13.5. The number of thioether (sulfide) groups is 1. The minimum Gasteiger partial charge on any atom is -0.336 e. The Morgan fingerprint density at radius 2 is 1.85 bits per heavy atom. The van der Waals surface area contributed by atoms with E-state index in [1.54, 1.807) is 22.4 Å². The van der Waals surface area contributed by atoms with Gasteiger partial charge in [0.25, 0.3) is 5.56 Å². The molecule has 0 unspecified atom stereocenters. The molecular weight excluding hydrogens is 446 g/mol. The van der Waals surface area contributed by atoms with Gasteiger partial charge in [-0.1, -0.05) is 54.7 Å². The van der Waals surface area contributed by atoms with E-state index in [4.69, 9.17) is 0 Å². The third kappa shape index (κ3) is 3.75. The molecule has 3 heterocycles. The number of allylic oxidation sites excluding steroid dienone is 2. The number of anilines is 1. The molecule has 5 rings (SSSR count). The average molecular weight is 471 g/mol. The Morgan fingerprint density at radius 3 is 2.67 bits per heavy atom. The monoisotopic (exact) mass is 470 g/mol. The van der Waals surface area contributed by atoms with Gasteiger partial charge >= 0.3 is 0 Å². The molecule has 0 bridgehead atoms. The molecule has 0 aliphatic carbocycles. The van der Waals surface area contributed by atoms with Crippen LogP contribution in [-0.2, 0) is 13.1 Å². The molecule has 0 amide bonds. The normalized spacial score (nSPS) is 15.2. The van der Waals surface area contributed by atoms with E-state index in [9.17, 15) is 4.79 Å². The van der Waals surface area contributed by atoms with E-state index in [2.05, 4.69) is 78.2 Å². The summed E-state index contributed by atoms with van der Waals surface area (Å²) >= 11 is 3.20. The molecule has 4 nitrogen and oxygen atoms in total. The van der Waals surface area contributed by atoms with Crippen molar-refractivity contribution in [3.63, 3.8) is 0 Å². The molecule has 0 atom stereocenters. The molecule has 164 valence electrons. The summed E-state index contributed by atoms with van der Waals surface area (Å²) in [5.41, 5.74) is 2.20. The summed E-state index contributed by atoms with van der Waals surface area (Å²) in [5, 5.41) is 3.37. The first-order valence-corrected chi connectivity index (χ1v) is 12.3. The van der Waals surface area contributed by atoms with Crippen LogP contribution in [0.25, 0.3) is 21.9 Å². The number of aromatic nitrogens is 2. The SMILES string of the molecule is C=CCn1c(=Cc2cccc[n+]2CC=C)sc(=C2Sc3ccc4ccccc4c3N2C)c1=O. The van der Waals surface area contributed by atoms with Gasteiger partial charge in [-0.15, -0.1) is 17.9 Å². The molecule has 0 saturated heterocycles. The molecule has 0 radical (unpaired) electrons. The number of rotatable bonds is 5. The van der Waals surface area contributed by atoms with Crippen LogP contribution in [0.1, 0.15) is 5.69 Å². The zero-order valence-corrected chi connectivity index (χ0v) is 20.0. The first-order valence-electron chi connectivity index (χ1n) is 10.7. The Bertz CT molecular complexity index is 1580.